The van der Waals surface area contributed by atoms with Gasteiger partial charge in [0.15, 0.2) is 0 Å². The summed E-state index contributed by atoms with van der Waals surface area (Å²) in [5.41, 5.74) is 2.31. The Bertz CT molecular complexity index is 520. The van der Waals surface area contributed by atoms with Gasteiger partial charge in [-0.2, -0.15) is 0 Å². The maximum absolute atomic E-state index is 4.62. The van der Waals surface area contributed by atoms with Crippen molar-refractivity contribution in [3.05, 3.63) is 28.9 Å². The Hall–Kier alpha value is -1.42. The van der Waals surface area contributed by atoms with Crippen LogP contribution in [0.5, 0.6) is 0 Å². The Balaban J connectivity index is 2.38. The largest absolute Gasteiger partial charge is 0.370 e. The van der Waals surface area contributed by atoms with E-state index in [4.69, 9.17) is 0 Å². The number of anilines is 1. The topological polar surface area (TPSA) is 37.8 Å². The van der Waals surface area contributed by atoms with Gasteiger partial charge in [-0.25, -0.2) is 9.97 Å². The first kappa shape index (κ1) is 13.0. The molecule has 0 aromatic carbocycles. The molecular weight excluding hydrogens is 242 g/mol. The first-order chi connectivity index (χ1) is 8.74. The molecule has 96 valence electrons. The highest BCUT2D eigenvalue weighted by Crippen LogP contribution is 2.28. The van der Waals surface area contributed by atoms with Crippen molar-refractivity contribution in [3.8, 4) is 10.6 Å². The first-order valence-corrected chi connectivity index (χ1v) is 7.28. The Morgan fingerprint density at radius 3 is 2.72 bits per heavy atom. The van der Waals surface area contributed by atoms with E-state index < -0.39 is 0 Å². The minimum absolute atomic E-state index is 0.860. The van der Waals surface area contributed by atoms with Gasteiger partial charge in [0.05, 0.1) is 10.6 Å². The molecule has 0 aliphatic heterocycles. The van der Waals surface area contributed by atoms with E-state index in [1.807, 2.05) is 6.07 Å². The fourth-order valence-corrected chi connectivity index (χ4v) is 2.64. The maximum atomic E-state index is 4.62. The van der Waals surface area contributed by atoms with Crippen molar-refractivity contribution in [2.45, 2.75) is 33.6 Å². The number of rotatable bonds is 5. The van der Waals surface area contributed by atoms with Crippen LogP contribution in [0.15, 0.2) is 17.5 Å². The number of thiophene rings is 1. The molecule has 0 saturated heterocycles. The zero-order valence-electron chi connectivity index (χ0n) is 11.2. The fraction of sp³-hybridized carbons (Fsp3) is 0.429. The van der Waals surface area contributed by atoms with Gasteiger partial charge >= 0.3 is 0 Å². The average Bonchev–Trinajstić information content (AvgIpc) is 2.82. The third-order valence-corrected chi connectivity index (χ3v) is 3.78. The molecule has 2 heterocycles. The Kier molecular flexibility index (Phi) is 4.31. The monoisotopic (exact) mass is 261 g/mol. The van der Waals surface area contributed by atoms with Crippen LogP contribution >= 0.6 is 11.3 Å². The van der Waals surface area contributed by atoms with Crippen molar-refractivity contribution in [1.29, 1.82) is 0 Å². The zero-order valence-corrected chi connectivity index (χ0v) is 12.0. The van der Waals surface area contributed by atoms with E-state index in [2.05, 4.69) is 47.5 Å². The van der Waals surface area contributed by atoms with Crippen LogP contribution in [0.25, 0.3) is 10.6 Å². The van der Waals surface area contributed by atoms with Gasteiger partial charge in [-0.3, -0.25) is 0 Å². The molecule has 18 heavy (non-hydrogen) atoms. The molecule has 2 aromatic heterocycles. The van der Waals surface area contributed by atoms with Gasteiger partial charge in [0.1, 0.15) is 11.6 Å². The molecule has 2 rings (SSSR count). The van der Waals surface area contributed by atoms with Crippen molar-refractivity contribution < 1.29 is 0 Å². The fourth-order valence-electron chi connectivity index (χ4n) is 1.75. The van der Waals surface area contributed by atoms with E-state index in [-0.39, 0.29) is 0 Å². The first-order valence-electron chi connectivity index (χ1n) is 6.40. The highest BCUT2D eigenvalue weighted by Gasteiger charge is 2.08. The number of hydrogen-bond acceptors (Lipinski definition) is 4. The molecule has 4 heteroatoms. The molecule has 0 spiro atoms. The molecule has 0 aliphatic rings. The van der Waals surface area contributed by atoms with Gasteiger partial charge in [0.25, 0.3) is 0 Å². The summed E-state index contributed by atoms with van der Waals surface area (Å²) in [6.45, 7) is 7.31. The van der Waals surface area contributed by atoms with Gasteiger partial charge in [0, 0.05) is 19.0 Å². The molecule has 0 fully saturated rings. The van der Waals surface area contributed by atoms with Crippen molar-refractivity contribution in [2.75, 3.05) is 11.9 Å². The lowest BCUT2D eigenvalue weighted by atomic mass is 10.2. The third kappa shape index (κ3) is 2.88. The molecule has 1 N–H and O–H groups in total. The van der Waals surface area contributed by atoms with E-state index in [1.54, 1.807) is 11.3 Å². The lowest BCUT2D eigenvalue weighted by Gasteiger charge is -2.08. The Labute approximate surface area is 112 Å². The number of nitrogens with one attached hydrogen (secondary N) is 1. The predicted octanol–water partition coefficient (Wildman–Crippen LogP) is 3.90. The lowest BCUT2D eigenvalue weighted by molar-refractivity contribution is 0.920. The predicted molar refractivity (Wildman–Crippen MR) is 78.2 cm³/mol. The highest BCUT2D eigenvalue weighted by atomic mass is 32.1. The molecule has 2 aromatic rings. The number of nitrogens with zero attached hydrogens (tertiary/aromatic N) is 2. The van der Waals surface area contributed by atoms with Crippen LogP contribution in [-0.2, 0) is 6.42 Å². The van der Waals surface area contributed by atoms with Crippen molar-refractivity contribution >= 4 is 17.2 Å². The molecule has 0 radical (unpaired) electrons. The highest BCUT2D eigenvalue weighted by molar-refractivity contribution is 7.13. The lowest BCUT2D eigenvalue weighted by Crippen LogP contribution is -2.05. The standard InChI is InChI=1S/C14H19N3S/c1-4-7-15-13-9-11(16-12(5-2)17-13)14-10(3)6-8-18-14/h6,8-9H,4-5,7H2,1-3H3,(H,15,16,17). The van der Waals surface area contributed by atoms with Gasteiger partial charge in [-0.15, -0.1) is 11.3 Å². The summed E-state index contributed by atoms with van der Waals surface area (Å²) in [7, 11) is 0. The quantitative estimate of drug-likeness (QED) is 0.887. The van der Waals surface area contributed by atoms with Crippen LogP contribution in [0.1, 0.15) is 31.7 Å². The van der Waals surface area contributed by atoms with Crippen molar-refractivity contribution in [2.24, 2.45) is 0 Å². The number of aromatic nitrogens is 2. The minimum atomic E-state index is 0.860. The summed E-state index contributed by atoms with van der Waals surface area (Å²) < 4.78 is 0. The second kappa shape index (κ2) is 5.96. The normalized spacial score (nSPS) is 10.6. The van der Waals surface area contributed by atoms with Gasteiger partial charge in [-0.05, 0) is 30.4 Å². The summed E-state index contributed by atoms with van der Waals surface area (Å²) in [5, 5.41) is 5.45. The van der Waals surface area contributed by atoms with Crippen LogP contribution < -0.4 is 5.32 Å². The molecule has 0 atom stereocenters. The molecule has 0 saturated carbocycles. The molecular formula is C14H19N3S. The number of hydrogen-bond donors (Lipinski definition) is 1. The van der Waals surface area contributed by atoms with E-state index in [9.17, 15) is 0 Å². The third-order valence-electron chi connectivity index (χ3n) is 2.74. The summed E-state index contributed by atoms with van der Waals surface area (Å²) >= 11 is 1.74. The van der Waals surface area contributed by atoms with E-state index >= 15 is 0 Å². The average molecular weight is 261 g/mol. The van der Waals surface area contributed by atoms with Gasteiger partial charge in [-0.1, -0.05) is 13.8 Å². The maximum Gasteiger partial charge on any atom is 0.131 e. The molecule has 0 amide bonds. The SMILES string of the molecule is CCCNc1cc(-c2sccc2C)nc(CC)n1. The summed E-state index contributed by atoms with van der Waals surface area (Å²) in [5.74, 6) is 1.84. The van der Waals surface area contributed by atoms with Gasteiger partial charge in [0.2, 0.25) is 0 Å². The van der Waals surface area contributed by atoms with Crippen LogP contribution in [0.4, 0.5) is 5.82 Å². The minimum Gasteiger partial charge on any atom is -0.370 e. The van der Waals surface area contributed by atoms with Crippen LogP contribution in [0.2, 0.25) is 0 Å². The van der Waals surface area contributed by atoms with E-state index in [0.717, 1.165) is 36.7 Å². The van der Waals surface area contributed by atoms with E-state index in [0.29, 0.717) is 0 Å². The Morgan fingerprint density at radius 1 is 1.28 bits per heavy atom. The van der Waals surface area contributed by atoms with Crippen LogP contribution in [-0.4, -0.2) is 16.5 Å². The second-order valence-electron chi connectivity index (χ2n) is 4.27. The second-order valence-corrected chi connectivity index (χ2v) is 5.18. The summed E-state index contributed by atoms with van der Waals surface area (Å²) in [6.07, 6.45) is 1.96. The Morgan fingerprint density at radius 2 is 2.11 bits per heavy atom. The molecule has 0 bridgehead atoms. The van der Waals surface area contributed by atoms with Gasteiger partial charge < -0.3 is 5.32 Å². The van der Waals surface area contributed by atoms with Crippen molar-refractivity contribution in [1.82, 2.24) is 9.97 Å². The van der Waals surface area contributed by atoms with Crippen LogP contribution in [0, 0.1) is 6.92 Å². The molecule has 3 nitrogen and oxygen atoms in total. The molecule has 0 unspecified atom stereocenters. The van der Waals surface area contributed by atoms with Crippen molar-refractivity contribution in [3.63, 3.8) is 0 Å². The van der Waals surface area contributed by atoms with E-state index in [1.165, 1.54) is 10.4 Å². The molecule has 0 aliphatic carbocycles. The zero-order chi connectivity index (χ0) is 13.0. The van der Waals surface area contributed by atoms with Crippen LogP contribution in [0.3, 0.4) is 0 Å². The summed E-state index contributed by atoms with van der Waals surface area (Å²) in [4.78, 5) is 10.4. The smallest absolute Gasteiger partial charge is 0.131 e. The number of aryl methyl sites for hydroxylation is 2. The summed E-state index contributed by atoms with van der Waals surface area (Å²) in [6, 6.07) is 4.18.